The molecule has 2 N–H and O–H groups in total. The first-order valence-corrected chi connectivity index (χ1v) is 7.79. The van der Waals surface area contributed by atoms with Gasteiger partial charge < -0.3 is 10.6 Å². The van der Waals surface area contributed by atoms with Gasteiger partial charge >= 0.3 is 6.03 Å². The molecule has 0 saturated carbocycles. The predicted molar refractivity (Wildman–Crippen MR) is 90.2 cm³/mol. The van der Waals surface area contributed by atoms with Gasteiger partial charge in [-0.25, -0.2) is 4.79 Å². The summed E-state index contributed by atoms with van der Waals surface area (Å²) in [5.74, 6) is 0. The summed E-state index contributed by atoms with van der Waals surface area (Å²) in [5.41, 5.74) is 4.40. The van der Waals surface area contributed by atoms with E-state index in [4.69, 9.17) is 0 Å². The maximum atomic E-state index is 12.1. The number of benzene rings is 1. The van der Waals surface area contributed by atoms with E-state index in [2.05, 4.69) is 41.6 Å². The summed E-state index contributed by atoms with van der Waals surface area (Å²) in [5, 5.41) is 5.91. The Morgan fingerprint density at radius 3 is 2.41 bits per heavy atom. The van der Waals surface area contributed by atoms with Crippen molar-refractivity contribution in [3.05, 3.63) is 59.4 Å². The van der Waals surface area contributed by atoms with E-state index in [0.717, 1.165) is 30.5 Å². The van der Waals surface area contributed by atoms with Crippen LogP contribution >= 0.6 is 0 Å². The number of pyridine rings is 1. The summed E-state index contributed by atoms with van der Waals surface area (Å²) in [6.45, 7) is 4.79. The fraction of sp³-hybridized carbons (Fsp3) is 0.333. The first-order valence-electron chi connectivity index (χ1n) is 7.79. The van der Waals surface area contributed by atoms with Crippen molar-refractivity contribution < 1.29 is 4.79 Å². The summed E-state index contributed by atoms with van der Waals surface area (Å²) in [4.78, 5) is 16.2. The van der Waals surface area contributed by atoms with Gasteiger partial charge in [0.2, 0.25) is 0 Å². The van der Waals surface area contributed by atoms with Crippen molar-refractivity contribution in [1.82, 2.24) is 10.3 Å². The Hall–Kier alpha value is -2.36. The van der Waals surface area contributed by atoms with Crippen LogP contribution in [0.25, 0.3) is 0 Å². The van der Waals surface area contributed by atoms with E-state index in [0.29, 0.717) is 6.54 Å². The number of aryl methyl sites for hydroxylation is 2. The van der Waals surface area contributed by atoms with Gasteiger partial charge in [0.1, 0.15) is 0 Å². The highest BCUT2D eigenvalue weighted by molar-refractivity contribution is 5.91. The molecule has 0 fully saturated rings. The molecule has 4 heteroatoms. The molecule has 0 aliphatic rings. The Kier molecular flexibility index (Phi) is 5.95. The van der Waals surface area contributed by atoms with Gasteiger partial charge in [-0.1, -0.05) is 38.1 Å². The number of aromatic nitrogens is 1. The Morgan fingerprint density at radius 2 is 1.82 bits per heavy atom. The number of amides is 2. The molecule has 0 aliphatic carbocycles. The number of anilines is 1. The molecule has 22 heavy (non-hydrogen) atoms. The van der Waals surface area contributed by atoms with Gasteiger partial charge in [-0.15, -0.1) is 0 Å². The minimum absolute atomic E-state index is 0.153. The van der Waals surface area contributed by atoms with E-state index < -0.39 is 0 Å². The summed E-state index contributed by atoms with van der Waals surface area (Å²) >= 11 is 0. The molecule has 2 rings (SSSR count). The van der Waals surface area contributed by atoms with Crippen LogP contribution in [0.1, 0.15) is 30.5 Å². The van der Waals surface area contributed by atoms with E-state index in [1.165, 1.54) is 11.1 Å². The zero-order valence-corrected chi connectivity index (χ0v) is 13.2. The van der Waals surface area contributed by atoms with Gasteiger partial charge in [-0.05, 0) is 42.0 Å². The molecular formula is C18H23N3O. The molecule has 0 bridgehead atoms. The average Bonchev–Trinajstić information content (AvgIpc) is 2.56. The van der Waals surface area contributed by atoms with Crippen LogP contribution in [0, 0.1) is 0 Å². The summed E-state index contributed by atoms with van der Waals surface area (Å²) in [6.07, 6.45) is 6.15. The number of rotatable bonds is 6. The number of nitrogens with zero attached hydrogens (tertiary/aromatic N) is 1. The van der Waals surface area contributed by atoms with Crippen LogP contribution < -0.4 is 10.6 Å². The summed E-state index contributed by atoms with van der Waals surface area (Å²) in [7, 11) is 0. The van der Waals surface area contributed by atoms with Crippen molar-refractivity contribution in [2.24, 2.45) is 0 Å². The van der Waals surface area contributed by atoms with E-state index in [-0.39, 0.29) is 6.03 Å². The molecule has 2 aromatic rings. The van der Waals surface area contributed by atoms with Gasteiger partial charge in [0.05, 0.1) is 0 Å². The first-order chi connectivity index (χ1) is 10.7. The molecule has 4 nitrogen and oxygen atoms in total. The maximum Gasteiger partial charge on any atom is 0.319 e. The van der Waals surface area contributed by atoms with Crippen LogP contribution in [-0.4, -0.2) is 17.6 Å². The SMILES string of the molecule is CCc1cccc(CC)c1NC(=O)NCCc1cccnc1. The van der Waals surface area contributed by atoms with Crippen LogP contribution in [0.2, 0.25) is 0 Å². The van der Waals surface area contributed by atoms with Crippen molar-refractivity contribution in [3.63, 3.8) is 0 Å². The second-order valence-electron chi connectivity index (χ2n) is 5.15. The highest BCUT2D eigenvalue weighted by atomic mass is 16.2. The lowest BCUT2D eigenvalue weighted by atomic mass is 10.0. The number of para-hydroxylation sites is 1. The van der Waals surface area contributed by atoms with E-state index in [9.17, 15) is 4.79 Å². The molecule has 1 heterocycles. The van der Waals surface area contributed by atoms with Gasteiger partial charge in [0.25, 0.3) is 0 Å². The number of carbonyl (C=O) groups excluding carboxylic acids is 1. The predicted octanol–water partition coefficient (Wildman–Crippen LogP) is 3.57. The third-order valence-corrected chi connectivity index (χ3v) is 3.66. The van der Waals surface area contributed by atoms with Gasteiger partial charge in [0.15, 0.2) is 0 Å². The Balaban J connectivity index is 1.92. The van der Waals surface area contributed by atoms with E-state index >= 15 is 0 Å². The van der Waals surface area contributed by atoms with Crippen LogP contribution in [-0.2, 0) is 19.3 Å². The fourth-order valence-electron chi connectivity index (χ4n) is 2.43. The highest BCUT2D eigenvalue weighted by Crippen LogP contribution is 2.22. The Morgan fingerprint density at radius 1 is 1.09 bits per heavy atom. The van der Waals surface area contributed by atoms with Crippen LogP contribution in [0.15, 0.2) is 42.7 Å². The number of urea groups is 1. The lowest BCUT2D eigenvalue weighted by molar-refractivity contribution is 0.252. The summed E-state index contributed by atoms with van der Waals surface area (Å²) in [6, 6.07) is 9.92. The number of hydrogen-bond donors (Lipinski definition) is 2. The van der Waals surface area contributed by atoms with E-state index in [1.54, 1.807) is 6.20 Å². The lowest BCUT2D eigenvalue weighted by Crippen LogP contribution is -2.31. The van der Waals surface area contributed by atoms with E-state index in [1.807, 2.05) is 24.4 Å². The maximum absolute atomic E-state index is 12.1. The largest absolute Gasteiger partial charge is 0.338 e. The molecule has 0 aliphatic heterocycles. The Labute approximate surface area is 132 Å². The van der Waals surface area contributed by atoms with Crippen LogP contribution in [0.3, 0.4) is 0 Å². The van der Waals surface area contributed by atoms with Crippen molar-refractivity contribution in [2.45, 2.75) is 33.1 Å². The van der Waals surface area contributed by atoms with Gasteiger partial charge in [-0.2, -0.15) is 0 Å². The van der Waals surface area contributed by atoms with Crippen LogP contribution in [0.5, 0.6) is 0 Å². The average molecular weight is 297 g/mol. The molecule has 1 aromatic heterocycles. The molecule has 116 valence electrons. The van der Waals surface area contributed by atoms with Crippen molar-refractivity contribution in [2.75, 3.05) is 11.9 Å². The zero-order chi connectivity index (χ0) is 15.8. The summed E-state index contributed by atoms with van der Waals surface area (Å²) < 4.78 is 0. The topological polar surface area (TPSA) is 54.0 Å². The number of hydrogen-bond acceptors (Lipinski definition) is 2. The van der Waals surface area contributed by atoms with Gasteiger partial charge in [-0.3, -0.25) is 4.98 Å². The quantitative estimate of drug-likeness (QED) is 0.856. The second kappa shape index (κ2) is 8.17. The smallest absolute Gasteiger partial charge is 0.319 e. The monoisotopic (exact) mass is 297 g/mol. The molecule has 0 spiro atoms. The third-order valence-electron chi connectivity index (χ3n) is 3.66. The van der Waals surface area contributed by atoms with Crippen molar-refractivity contribution >= 4 is 11.7 Å². The Bertz CT molecular complexity index is 589. The lowest BCUT2D eigenvalue weighted by Gasteiger charge is -2.15. The molecule has 2 amide bonds. The molecule has 0 saturated heterocycles. The molecular weight excluding hydrogens is 274 g/mol. The molecule has 0 atom stereocenters. The van der Waals surface area contributed by atoms with Crippen LogP contribution in [0.4, 0.5) is 10.5 Å². The normalized spacial score (nSPS) is 10.3. The minimum Gasteiger partial charge on any atom is -0.338 e. The first kappa shape index (κ1) is 16.0. The third kappa shape index (κ3) is 4.32. The molecule has 0 unspecified atom stereocenters. The second-order valence-corrected chi connectivity index (χ2v) is 5.15. The molecule has 0 radical (unpaired) electrons. The van der Waals surface area contributed by atoms with Gasteiger partial charge in [0, 0.05) is 24.6 Å². The standard InChI is InChI=1S/C18H23N3O/c1-3-15-8-5-9-16(4-2)17(15)21-18(22)20-12-10-14-7-6-11-19-13-14/h5-9,11,13H,3-4,10,12H2,1-2H3,(H2,20,21,22). The molecule has 1 aromatic carbocycles. The van der Waals surface area contributed by atoms with Crippen molar-refractivity contribution in [3.8, 4) is 0 Å². The number of carbonyl (C=O) groups is 1. The number of nitrogens with one attached hydrogen (secondary N) is 2. The highest BCUT2D eigenvalue weighted by Gasteiger charge is 2.09. The zero-order valence-electron chi connectivity index (χ0n) is 13.2. The minimum atomic E-state index is -0.153. The fourth-order valence-corrected chi connectivity index (χ4v) is 2.43. The van der Waals surface area contributed by atoms with Crippen molar-refractivity contribution in [1.29, 1.82) is 0 Å².